The second kappa shape index (κ2) is 4.49. The molecule has 0 spiro atoms. The predicted molar refractivity (Wildman–Crippen MR) is 65.3 cm³/mol. The molecule has 1 aliphatic heterocycles. The van der Waals surface area contributed by atoms with Gasteiger partial charge in [-0.25, -0.2) is 0 Å². The normalized spacial score (nSPS) is 18.9. The summed E-state index contributed by atoms with van der Waals surface area (Å²) >= 11 is 0. The van der Waals surface area contributed by atoms with Gasteiger partial charge in [0.05, 0.1) is 5.41 Å². The van der Waals surface area contributed by atoms with Gasteiger partial charge in [0.25, 0.3) is 0 Å². The van der Waals surface area contributed by atoms with Crippen molar-refractivity contribution < 1.29 is 14.6 Å². The third-order valence-corrected chi connectivity index (χ3v) is 3.72. The van der Waals surface area contributed by atoms with Crippen LogP contribution in [0.1, 0.15) is 29.5 Å². The van der Waals surface area contributed by atoms with Crippen LogP contribution in [0, 0.1) is 13.8 Å². The number of carboxylic acids is 1. The minimum atomic E-state index is -0.756. The average Bonchev–Trinajstić information content (AvgIpc) is 2.29. The van der Waals surface area contributed by atoms with Gasteiger partial charge in [0.15, 0.2) is 0 Å². The highest BCUT2D eigenvalue weighted by Gasteiger charge is 2.43. The number of carboxylic acid groups (broad SMARTS) is 1. The van der Waals surface area contributed by atoms with Gasteiger partial charge in [0, 0.05) is 13.2 Å². The number of aliphatic carboxylic acids is 1. The van der Waals surface area contributed by atoms with Crippen molar-refractivity contribution in [3.05, 3.63) is 34.9 Å². The summed E-state index contributed by atoms with van der Waals surface area (Å²) in [6, 6.07) is 5.95. The first-order valence-electron chi connectivity index (χ1n) is 5.96. The maximum Gasteiger partial charge on any atom is 0.314 e. The molecule has 3 nitrogen and oxygen atoms in total. The molecule has 1 aliphatic rings. The molecule has 0 amide bonds. The van der Waals surface area contributed by atoms with Crippen molar-refractivity contribution in [3.8, 4) is 0 Å². The van der Waals surface area contributed by atoms with E-state index in [0.717, 1.165) is 16.7 Å². The number of benzene rings is 1. The van der Waals surface area contributed by atoms with Gasteiger partial charge in [-0.15, -0.1) is 0 Å². The number of hydrogen-bond acceptors (Lipinski definition) is 2. The summed E-state index contributed by atoms with van der Waals surface area (Å²) in [5, 5.41) is 9.64. The van der Waals surface area contributed by atoms with E-state index < -0.39 is 11.4 Å². The lowest BCUT2D eigenvalue weighted by Gasteiger charge is -2.35. The van der Waals surface area contributed by atoms with E-state index in [0.29, 0.717) is 26.1 Å². The van der Waals surface area contributed by atoms with E-state index in [-0.39, 0.29) is 0 Å². The van der Waals surface area contributed by atoms with E-state index in [2.05, 4.69) is 0 Å². The summed E-state index contributed by atoms with van der Waals surface area (Å²) in [6.45, 7) is 5.03. The lowest BCUT2D eigenvalue weighted by molar-refractivity contribution is -0.147. The molecule has 0 atom stereocenters. The largest absolute Gasteiger partial charge is 0.481 e. The van der Waals surface area contributed by atoms with Crippen LogP contribution >= 0.6 is 0 Å². The highest BCUT2D eigenvalue weighted by molar-refractivity contribution is 5.82. The Bertz CT molecular complexity index is 411. The fourth-order valence-electron chi connectivity index (χ4n) is 2.86. The summed E-state index contributed by atoms with van der Waals surface area (Å²) in [7, 11) is 0. The number of rotatable bonds is 2. The minimum Gasteiger partial charge on any atom is -0.481 e. The molecule has 2 rings (SSSR count). The molecule has 3 heteroatoms. The Morgan fingerprint density at radius 3 is 2.24 bits per heavy atom. The Balaban J connectivity index is 2.56. The van der Waals surface area contributed by atoms with Crippen molar-refractivity contribution in [1.82, 2.24) is 0 Å². The van der Waals surface area contributed by atoms with E-state index in [1.165, 1.54) is 0 Å². The van der Waals surface area contributed by atoms with Gasteiger partial charge in [-0.3, -0.25) is 4.79 Å². The quantitative estimate of drug-likeness (QED) is 0.855. The maximum absolute atomic E-state index is 11.7. The second-order valence-corrected chi connectivity index (χ2v) is 4.77. The Hall–Kier alpha value is -1.35. The smallest absolute Gasteiger partial charge is 0.314 e. The molecule has 1 saturated heterocycles. The topological polar surface area (TPSA) is 46.5 Å². The molecule has 0 aromatic heterocycles. The van der Waals surface area contributed by atoms with Gasteiger partial charge in [-0.1, -0.05) is 18.2 Å². The van der Waals surface area contributed by atoms with Crippen molar-refractivity contribution in [2.24, 2.45) is 0 Å². The highest BCUT2D eigenvalue weighted by Crippen LogP contribution is 2.38. The standard InChI is InChI=1S/C14H18O3/c1-10-4-3-5-11(2)12(10)14(13(15)16)6-8-17-9-7-14/h3-5H,6-9H2,1-2H3,(H,15,16). The van der Waals surface area contributed by atoms with Crippen LogP contribution in [-0.4, -0.2) is 24.3 Å². The number of aryl methyl sites for hydroxylation is 2. The Morgan fingerprint density at radius 2 is 1.76 bits per heavy atom. The zero-order valence-electron chi connectivity index (χ0n) is 10.3. The fraction of sp³-hybridized carbons (Fsp3) is 0.500. The van der Waals surface area contributed by atoms with E-state index in [9.17, 15) is 9.90 Å². The minimum absolute atomic E-state index is 0.528. The SMILES string of the molecule is Cc1cccc(C)c1C1(C(=O)O)CCOCC1. The molecule has 1 heterocycles. The van der Waals surface area contributed by atoms with Gasteiger partial charge in [-0.2, -0.15) is 0 Å². The number of hydrogen-bond donors (Lipinski definition) is 1. The summed E-state index contributed by atoms with van der Waals surface area (Å²) < 4.78 is 5.31. The molecule has 92 valence electrons. The Kier molecular flexibility index (Phi) is 3.20. The third kappa shape index (κ3) is 1.95. The van der Waals surface area contributed by atoms with E-state index in [1.54, 1.807) is 0 Å². The number of carbonyl (C=O) groups is 1. The average molecular weight is 234 g/mol. The van der Waals surface area contributed by atoms with Crippen molar-refractivity contribution in [2.75, 3.05) is 13.2 Å². The molecule has 1 fully saturated rings. The van der Waals surface area contributed by atoms with Gasteiger partial charge in [0.1, 0.15) is 0 Å². The van der Waals surface area contributed by atoms with E-state index >= 15 is 0 Å². The molecular formula is C14H18O3. The summed E-state index contributed by atoms with van der Waals surface area (Å²) in [6.07, 6.45) is 1.13. The maximum atomic E-state index is 11.7. The van der Waals surface area contributed by atoms with Crippen LogP contribution in [0.2, 0.25) is 0 Å². The van der Waals surface area contributed by atoms with Crippen LogP contribution in [0.25, 0.3) is 0 Å². The molecule has 0 aliphatic carbocycles. The van der Waals surface area contributed by atoms with Crippen LogP contribution in [0.5, 0.6) is 0 Å². The molecule has 1 aromatic carbocycles. The van der Waals surface area contributed by atoms with Gasteiger partial charge >= 0.3 is 5.97 Å². The van der Waals surface area contributed by atoms with Gasteiger partial charge in [0.2, 0.25) is 0 Å². The molecule has 0 saturated carbocycles. The first-order chi connectivity index (χ1) is 8.08. The molecule has 1 aromatic rings. The van der Waals surface area contributed by atoms with Crippen LogP contribution < -0.4 is 0 Å². The van der Waals surface area contributed by atoms with Crippen molar-refractivity contribution in [2.45, 2.75) is 32.1 Å². The van der Waals surface area contributed by atoms with Gasteiger partial charge in [-0.05, 0) is 43.4 Å². The second-order valence-electron chi connectivity index (χ2n) is 4.77. The molecular weight excluding hydrogens is 216 g/mol. The lowest BCUT2D eigenvalue weighted by atomic mass is 9.71. The summed E-state index contributed by atoms with van der Waals surface area (Å²) in [5.74, 6) is -0.724. The zero-order chi connectivity index (χ0) is 12.5. The van der Waals surface area contributed by atoms with Crippen LogP contribution in [0.15, 0.2) is 18.2 Å². The summed E-state index contributed by atoms with van der Waals surface area (Å²) in [5.41, 5.74) is 2.35. The monoisotopic (exact) mass is 234 g/mol. The predicted octanol–water partition coefficient (Wildman–Crippen LogP) is 2.44. The fourth-order valence-corrected chi connectivity index (χ4v) is 2.86. The molecule has 0 bridgehead atoms. The lowest BCUT2D eigenvalue weighted by Crippen LogP contribution is -2.42. The number of ether oxygens (including phenoxy) is 1. The molecule has 17 heavy (non-hydrogen) atoms. The highest BCUT2D eigenvalue weighted by atomic mass is 16.5. The van der Waals surface area contributed by atoms with Crippen LogP contribution in [0.4, 0.5) is 0 Å². The van der Waals surface area contributed by atoms with Crippen molar-refractivity contribution >= 4 is 5.97 Å². The first kappa shape index (κ1) is 12.1. The molecule has 1 N–H and O–H groups in total. The van der Waals surface area contributed by atoms with E-state index in [1.807, 2.05) is 32.0 Å². The molecule has 0 radical (unpaired) electrons. The van der Waals surface area contributed by atoms with Crippen molar-refractivity contribution in [3.63, 3.8) is 0 Å². The van der Waals surface area contributed by atoms with Crippen molar-refractivity contribution in [1.29, 1.82) is 0 Å². The van der Waals surface area contributed by atoms with E-state index in [4.69, 9.17) is 4.74 Å². The third-order valence-electron chi connectivity index (χ3n) is 3.72. The molecule has 0 unspecified atom stereocenters. The Labute approximate surface area is 101 Å². The summed E-state index contributed by atoms with van der Waals surface area (Å²) in [4.78, 5) is 11.7. The van der Waals surface area contributed by atoms with Crippen LogP contribution in [-0.2, 0) is 14.9 Å². The first-order valence-corrected chi connectivity index (χ1v) is 5.96. The Morgan fingerprint density at radius 1 is 1.24 bits per heavy atom. The zero-order valence-corrected chi connectivity index (χ0v) is 10.3. The van der Waals surface area contributed by atoms with Crippen LogP contribution in [0.3, 0.4) is 0 Å². The van der Waals surface area contributed by atoms with Gasteiger partial charge < -0.3 is 9.84 Å².